The normalized spacial score (nSPS) is 30.6. The van der Waals surface area contributed by atoms with Gasteiger partial charge < -0.3 is 15.1 Å². The molecule has 0 spiro atoms. The number of aromatic nitrogens is 1. The molecule has 1 aliphatic carbocycles. The number of phenols is 1. The van der Waals surface area contributed by atoms with Crippen molar-refractivity contribution in [2.24, 2.45) is 5.92 Å². The van der Waals surface area contributed by atoms with Crippen molar-refractivity contribution < 1.29 is 10.2 Å². The van der Waals surface area contributed by atoms with E-state index in [0.29, 0.717) is 5.75 Å². The van der Waals surface area contributed by atoms with Crippen molar-refractivity contribution in [2.75, 3.05) is 32.7 Å². The number of hydrogen-bond acceptors (Lipinski definition) is 5. The lowest BCUT2D eigenvalue weighted by atomic mass is 9.57. The zero-order chi connectivity index (χ0) is 23.9. The topological polar surface area (TPSA) is 59.8 Å². The fourth-order valence-electron chi connectivity index (χ4n) is 6.77. The average Bonchev–Trinajstić information content (AvgIpc) is 3.65. The molecule has 0 bridgehead atoms. The molecule has 0 amide bonds. The van der Waals surface area contributed by atoms with E-state index in [1.165, 1.54) is 24.0 Å². The summed E-state index contributed by atoms with van der Waals surface area (Å²) in [6.07, 6.45) is 8.11. The molecule has 0 radical (unpaired) electrons. The number of benzene rings is 1. The predicted molar refractivity (Wildman–Crippen MR) is 136 cm³/mol. The predicted octanol–water partition coefficient (Wildman–Crippen LogP) is 4.22. The van der Waals surface area contributed by atoms with Gasteiger partial charge in [0.15, 0.2) is 0 Å². The number of piperidine rings is 1. The quantitative estimate of drug-likeness (QED) is 0.672. The van der Waals surface area contributed by atoms with Crippen LogP contribution < -0.4 is 0 Å². The number of nitrogens with zero attached hydrogens (tertiary/aromatic N) is 3. The Labute approximate surface area is 204 Å². The minimum Gasteiger partial charge on any atom is -0.508 e. The van der Waals surface area contributed by atoms with Crippen LogP contribution in [0.5, 0.6) is 5.75 Å². The third-order valence-corrected chi connectivity index (χ3v) is 9.14. The summed E-state index contributed by atoms with van der Waals surface area (Å²) in [6.45, 7) is 11.4. The summed E-state index contributed by atoms with van der Waals surface area (Å²) in [4.78, 5) is 9.64. The van der Waals surface area contributed by atoms with Crippen LogP contribution in [-0.2, 0) is 11.8 Å². The Morgan fingerprint density at radius 2 is 1.79 bits per heavy atom. The second-order valence-corrected chi connectivity index (χ2v) is 11.3. The second kappa shape index (κ2) is 9.25. The monoisotopic (exact) mass is 463 g/mol. The van der Waals surface area contributed by atoms with E-state index in [-0.39, 0.29) is 11.5 Å². The van der Waals surface area contributed by atoms with E-state index < -0.39 is 5.60 Å². The second-order valence-electron chi connectivity index (χ2n) is 11.3. The summed E-state index contributed by atoms with van der Waals surface area (Å²) in [5.41, 5.74) is 3.55. The molecule has 3 fully saturated rings. The highest BCUT2D eigenvalue weighted by Crippen LogP contribution is 2.53. The molecule has 1 aromatic heterocycles. The van der Waals surface area contributed by atoms with Gasteiger partial charge in [0.25, 0.3) is 0 Å². The molecule has 3 aliphatic rings. The first-order chi connectivity index (χ1) is 16.3. The molecular formula is C29H41N3O2. The van der Waals surface area contributed by atoms with Crippen molar-refractivity contribution in [1.82, 2.24) is 14.8 Å². The van der Waals surface area contributed by atoms with E-state index >= 15 is 0 Å². The summed E-state index contributed by atoms with van der Waals surface area (Å²) >= 11 is 0. The Morgan fingerprint density at radius 1 is 1.03 bits per heavy atom. The molecule has 34 heavy (non-hydrogen) atoms. The highest BCUT2D eigenvalue weighted by Gasteiger charge is 2.59. The summed E-state index contributed by atoms with van der Waals surface area (Å²) in [5.74, 6) is 1.11. The summed E-state index contributed by atoms with van der Waals surface area (Å²) in [6, 6.07) is 10.1. The molecule has 2 aromatic rings. The summed E-state index contributed by atoms with van der Waals surface area (Å²) < 4.78 is 0. The van der Waals surface area contributed by atoms with Crippen LogP contribution in [0.25, 0.3) is 0 Å². The molecule has 2 aliphatic heterocycles. The number of pyridine rings is 1. The van der Waals surface area contributed by atoms with E-state index in [9.17, 15) is 10.2 Å². The number of aliphatic hydroxyl groups is 1. The summed E-state index contributed by atoms with van der Waals surface area (Å²) in [7, 11) is 0. The molecule has 2 N–H and O–H groups in total. The molecular weight excluding hydrogens is 422 g/mol. The number of rotatable bonds is 6. The van der Waals surface area contributed by atoms with E-state index in [2.05, 4.69) is 41.6 Å². The maximum Gasteiger partial charge on any atom is 0.115 e. The fraction of sp³-hybridized carbons (Fsp3) is 0.621. The molecule has 3 atom stereocenters. The Kier molecular flexibility index (Phi) is 6.47. The fourth-order valence-corrected chi connectivity index (χ4v) is 6.77. The van der Waals surface area contributed by atoms with Gasteiger partial charge in [0.05, 0.1) is 5.60 Å². The number of aryl methyl sites for hydroxylation is 2. The average molecular weight is 464 g/mol. The first-order valence-electron chi connectivity index (χ1n) is 13.2. The van der Waals surface area contributed by atoms with Gasteiger partial charge in [0.2, 0.25) is 0 Å². The third kappa shape index (κ3) is 4.38. The lowest BCUT2D eigenvalue weighted by Crippen LogP contribution is -2.68. The minimum absolute atomic E-state index is 0.0991. The van der Waals surface area contributed by atoms with Crippen LogP contribution in [0, 0.1) is 19.8 Å². The van der Waals surface area contributed by atoms with Crippen LogP contribution in [0.4, 0.5) is 0 Å². The maximum atomic E-state index is 12.6. The SMILES string of the molecule is Cc1ccnc(CCN2CCC3(c4cc(O)ccc4C)CCN(CC4CC4)C(C)C3(O)CC2)c1. The van der Waals surface area contributed by atoms with Crippen LogP contribution in [0.15, 0.2) is 36.5 Å². The molecule has 1 aromatic carbocycles. The molecule has 1 saturated carbocycles. The van der Waals surface area contributed by atoms with Gasteiger partial charge in [0, 0.05) is 49.4 Å². The van der Waals surface area contributed by atoms with Gasteiger partial charge >= 0.3 is 0 Å². The first kappa shape index (κ1) is 23.8. The van der Waals surface area contributed by atoms with Crippen LogP contribution in [-0.4, -0.2) is 69.4 Å². The number of likely N-dealkylation sites (tertiary alicyclic amines) is 2. The number of fused-ring (bicyclic) bond motifs is 1. The van der Waals surface area contributed by atoms with Crippen molar-refractivity contribution in [3.8, 4) is 5.75 Å². The Bertz CT molecular complexity index is 1020. The largest absolute Gasteiger partial charge is 0.508 e. The van der Waals surface area contributed by atoms with Crippen molar-refractivity contribution >= 4 is 0 Å². The third-order valence-electron chi connectivity index (χ3n) is 9.14. The lowest BCUT2D eigenvalue weighted by molar-refractivity contribution is -0.136. The van der Waals surface area contributed by atoms with Crippen LogP contribution >= 0.6 is 0 Å². The number of phenolic OH excluding ortho intramolecular Hbond substituents is 1. The molecule has 3 unspecified atom stereocenters. The van der Waals surface area contributed by atoms with Crippen molar-refractivity contribution in [3.63, 3.8) is 0 Å². The van der Waals surface area contributed by atoms with E-state index in [1.54, 1.807) is 6.07 Å². The standard InChI is InChI=1S/C29H41N3O2/c1-21-8-13-30-25(18-21)9-14-31-15-10-28(27-19-26(33)7-4-22(27)2)11-17-32(20-24-5-6-24)23(3)29(28,34)12-16-31/h4,7-8,13,18-19,23-24,33-34H,5-6,9-12,14-17,20H2,1-3H3. The number of aromatic hydroxyl groups is 1. The van der Waals surface area contributed by atoms with E-state index in [1.807, 2.05) is 24.4 Å². The van der Waals surface area contributed by atoms with Crippen molar-refractivity contribution in [3.05, 3.63) is 58.9 Å². The van der Waals surface area contributed by atoms with Gasteiger partial charge in [-0.2, -0.15) is 0 Å². The van der Waals surface area contributed by atoms with Crippen molar-refractivity contribution in [2.45, 2.75) is 76.4 Å². The van der Waals surface area contributed by atoms with Crippen LogP contribution in [0.1, 0.15) is 61.4 Å². The first-order valence-corrected chi connectivity index (χ1v) is 13.2. The van der Waals surface area contributed by atoms with Gasteiger partial charge in [0.1, 0.15) is 5.75 Å². The van der Waals surface area contributed by atoms with Crippen molar-refractivity contribution in [1.29, 1.82) is 0 Å². The molecule has 184 valence electrons. The Balaban J connectivity index is 1.44. The highest BCUT2D eigenvalue weighted by atomic mass is 16.3. The smallest absolute Gasteiger partial charge is 0.115 e. The van der Waals surface area contributed by atoms with Gasteiger partial charge in [-0.15, -0.1) is 0 Å². The van der Waals surface area contributed by atoms with Gasteiger partial charge in [-0.3, -0.25) is 9.88 Å². The zero-order valence-electron chi connectivity index (χ0n) is 21.1. The maximum absolute atomic E-state index is 12.6. The molecule has 5 rings (SSSR count). The molecule has 2 saturated heterocycles. The Morgan fingerprint density at radius 3 is 2.56 bits per heavy atom. The Hall–Kier alpha value is -1.95. The van der Waals surface area contributed by atoms with Gasteiger partial charge in [-0.1, -0.05) is 6.07 Å². The van der Waals surface area contributed by atoms with E-state index in [0.717, 1.165) is 75.6 Å². The highest BCUT2D eigenvalue weighted by molar-refractivity contribution is 5.43. The lowest BCUT2D eigenvalue weighted by Gasteiger charge is -2.58. The van der Waals surface area contributed by atoms with Gasteiger partial charge in [-0.05, 0) is 113 Å². The molecule has 5 nitrogen and oxygen atoms in total. The van der Waals surface area contributed by atoms with E-state index in [4.69, 9.17) is 0 Å². The minimum atomic E-state index is -0.824. The number of hydrogen-bond donors (Lipinski definition) is 2. The van der Waals surface area contributed by atoms with Crippen LogP contribution in [0.2, 0.25) is 0 Å². The van der Waals surface area contributed by atoms with Crippen LogP contribution in [0.3, 0.4) is 0 Å². The summed E-state index contributed by atoms with van der Waals surface area (Å²) in [5, 5.41) is 23.1. The van der Waals surface area contributed by atoms with Gasteiger partial charge in [-0.25, -0.2) is 0 Å². The molecule has 5 heteroatoms. The zero-order valence-corrected chi connectivity index (χ0v) is 21.1. The molecule has 3 heterocycles.